The average Bonchev–Trinajstić information content (AvgIpc) is 1.56. The van der Waals surface area contributed by atoms with Crippen molar-refractivity contribution in [1.29, 1.82) is 0 Å². The molecule has 1 spiro atoms. The predicted octanol–water partition coefficient (Wildman–Crippen LogP) is -1.70. The van der Waals surface area contributed by atoms with Gasteiger partial charge in [0.25, 0.3) is 0 Å². The molecule has 5 heterocycles. The molecule has 27 nitrogen and oxygen atoms in total. The van der Waals surface area contributed by atoms with Crippen molar-refractivity contribution in [2.45, 2.75) is 241 Å². The van der Waals surface area contributed by atoms with E-state index in [0.29, 0.717) is 51.4 Å². The fourth-order valence-electron chi connectivity index (χ4n) is 16.3. The number of carbonyl (C=O) groups is 2. The van der Waals surface area contributed by atoms with Gasteiger partial charge in [0.15, 0.2) is 25.2 Å². The smallest absolute Gasteiger partial charge is 0.397 e. The molecule has 0 radical (unpaired) electrons. The first kappa shape index (κ1) is 65.0. The number of aliphatic hydroxyl groups excluding tert-OH is 11. The molecular formula is C55H86O27S. The molecule has 0 aromatic carbocycles. The van der Waals surface area contributed by atoms with E-state index < -0.39 is 194 Å². The first-order valence-electron chi connectivity index (χ1n) is 28.7. The highest BCUT2D eigenvalue weighted by Gasteiger charge is 2.79. The lowest BCUT2D eigenvalue weighted by atomic mass is 9.40. The van der Waals surface area contributed by atoms with Crippen molar-refractivity contribution in [2.24, 2.45) is 39.4 Å². The normalized spacial score (nSPS) is 48.4. The molecule has 3 saturated carbocycles. The summed E-state index contributed by atoms with van der Waals surface area (Å²) in [7, 11) is -5.07. The van der Waals surface area contributed by atoms with E-state index in [2.05, 4.69) is 44.5 Å². The molecule has 12 N–H and O–H groups in total. The van der Waals surface area contributed by atoms with Crippen LogP contribution in [0.1, 0.15) is 106 Å². The van der Waals surface area contributed by atoms with Crippen molar-refractivity contribution in [3.63, 3.8) is 0 Å². The van der Waals surface area contributed by atoms with Crippen molar-refractivity contribution in [2.75, 3.05) is 26.4 Å². The van der Waals surface area contributed by atoms with Crippen LogP contribution < -0.4 is 0 Å². The molecule has 9 rings (SSSR count). The van der Waals surface area contributed by atoms with Gasteiger partial charge in [-0.2, -0.15) is 8.42 Å². The predicted molar refractivity (Wildman–Crippen MR) is 278 cm³/mol. The van der Waals surface area contributed by atoms with Gasteiger partial charge in [-0.3, -0.25) is 14.1 Å². The summed E-state index contributed by atoms with van der Waals surface area (Å²) in [5.41, 5.74) is -1.33. The van der Waals surface area contributed by atoms with Gasteiger partial charge in [-0.25, -0.2) is 4.18 Å². The van der Waals surface area contributed by atoms with Gasteiger partial charge < -0.3 is 104 Å². The summed E-state index contributed by atoms with van der Waals surface area (Å²) in [6.45, 7) is 14.6. The van der Waals surface area contributed by atoms with E-state index in [9.17, 15) is 78.7 Å². The molecule has 28 atom stereocenters. The lowest BCUT2D eigenvalue weighted by molar-refractivity contribution is -0.391. The van der Waals surface area contributed by atoms with Crippen LogP contribution in [-0.4, -0.2) is 242 Å². The summed E-state index contributed by atoms with van der Waals surface area (Å²) in [6.07, 6.45) is -28.2. The van der Waals surface area contributed by atoms with Gasteiger partial charge in [0.2, 0.25) is 0 Å². The Kier molecular flexibility index (Phi) is 18.9. The van der Waals surface area contributed by atoms with E-state index in [4.69, 9.17) is 47.4 Å². The van der Waals surface area contributed by atoms with E-state index in [0.717, 1.165) is 12.0 Å². The number of hydrogen-bond donors (Lipinski definition) is 12. The highest BCUT2D eigenvalue weighted by atomic mass is 32.3. The highest BCUT2D eigenvalue weighted by Crippen LogP contribution is 2.77. The van der Waals surface area contributed by atoms with Crippen LogP contribution in [0, 0.1) is 39.4 Å². The van der Waals surface area contributed by atoms with Crippen LogP contribution >= 0.6 is 0 Å². The Hall–Kier alpha value is -2.47. The quantitative estimate of drug-likeness (QED) is 0.0390. The maximum absolute atomic E-state index is 14.5. The van der Waals surface area contributed by atoms with E-state index in [1.54, 1.807) is 0 Å². The van der Waals surface area contributed by atoms with Gasteiger partial charge in [-0.05, 0) is 94.3 Å². The number of aliphatic hydroxyl groups is 11. The van der Waals surface area contributed by atoms with Crippen LogP contribution in [0.2, 0.25) is 0 Å². The van der Waals surface area contributed by atoms with Crippen LogP contribution in [0.25, 0.3) is 0 Å². The molecule has 8 fully saturated rings. The van der Waals surface area contributed by atoms with Crippen molar-refractivity contribution in [1.82, 2.24) is 0 Å². The molecule has 5 saturated heterocycles. The van der Waals surface area contributed by atoms with E-state index in [-0.39, 0.29) is 29.1 Å². The number of carbonyl (C=O) groups excluding carboxylic acids is 2. The molecular weight excluding hydrogens is 1120 g/mol. The zero-order chi connectivity index (χ0) is 60.8. The fraction of sp³-hybridized carbons (Fsp3) is 0.891. The monoisotopic (exact) mass is 1210 g/mol. The Bertz CT molecular complexity index is 2500. The van der Waals surface area contributed by atoms with Gasteiger partial charge in [0.1, 0.15) is 103 Å². The average molecular weight is 1210 g/mol. The number of fused-ring (bicyclic) bond motifs is 5. The van der Waals surface area contributed by atoms with Crippen LogP contribution in [0.15, 0.2) is 23.8 Å². The number of esters is 2. The summed E-state index contributed by atoms with van der Waals surface area (Å²) >= 11 is 0. The van der Waals surface area contributed by atoms with Crippen LogP contribution in [0.5, 0.6) is 0 Å². The topological polar surface area (TPSA) is 413 Å². The molecule has 2 bridgehead atoms. The van der Waals surface area contributed by atoms with E-state index >= 15 is 0 Å². The molecule has 474 valence electrons. The Balaban J connectivity index is 0.970. The summed E-state index contributed by atoms with van der Waals surface area (Å²) in [6, 6.07) is 0. The van der Waals surface area contributed by atoms with Crippen LogP contribution in [0.4, 0.5) is 0 Å². The van der Waals surface area contributed by atoms with E-state index in [1.807, 2.05) is 13.8 Å². The fourth-order valence-corrected chi connectivity index (χ4v) is 16.7. The minimum absolute atomic E-state index is 0.0376. The molecule has 4 aliphatic carbocycles. The van der Waals surface area contributed by atoms with Gasteiger partial charge in [-0.15, -0.1) is 6.58 Å². The van der Waals surface area contributed by atoms with Crippen molar-refractivity contribution < 1.29 is 130 Å². The standard InChI is InChI=1S/C55H86O27S/c1-23(2)10-9-15-54(8,82-24(3)58)45-27-18-53(7)26-11-12-32-51(4,5)33(14-16-52(32,6)25(26)13-17-55(45,53)50(68)78-27)79-49-44(36(61)30(21-72-49)76-46-40(65)38(63)35(60)31(77-46)22-73-83(69,70)71)81-48-42(67)39(64)43(29(20-57)75-48)80-47-41(66)37(62)34(59)28(19-56)74-47/h11,25,27-49,56-57,59-67H,1,9-10,12-22H2,2-8H3,(H,69,70,71)/t25?,27-,28+,29+,30+,31+,32?,33-,34+,35+,36-,37-,38-,39+,40+,41+,42+,43+,44+,45+,46+,47-,48-,49-,52+,53-,54-,55+/m0/s1. The third kappa shape index (κ3) is 11.5. The maximum Gasteiger partial charge on any atom is 0.397 e. The van der Waals surface area contributed by atoms with E-state index in [1.165, 1.54) is 12.5 Å². The minimum Gasteiger partial charge on any atom is -0.461 e. The number of allylic oxidation sites excluding steroid dienone is 3. The Morgan fingerprint density at radius 1 is 0.747 bits per heavy atom. The van der Waals surface area contributed by atoms with Gasteiger partial charge in [0.05, 0.1) is 43.9 Å². The number of ether oxygens (including phenoxy) is 10. The molecule has 9 aliphatic rings. The zero-order valence-corrected chi connectivity index (χ0v) is 48.5. The molecule has 83 heavy (non-hydrogen) atoms. The molecule has 5 aliphatic heterocycles. The van der Waals surface area contributed by atoms with Crippen molar-refractivity contribution in [3.8, 4) is 0 Å². The molecule has 28 heteroatoms. The molecule has 2 unspecified atom stereocenters. The van der Waals surface area contributed by atoms with Crippen molar-refractivity contribution >= 4 is 22.3 Å². The van der Waals surface area contributed by atoms with Gasteiger partial charge >= 0.3 is 22.3 Å². The number of hydrogen-bond acceptors (Lipinski definition) is 26. The third-order valence-electron chi connectivity index (χ3n) is 20.4. The second-order valence-corrected chi connectivity index (χ2v) is 27.0. The lowest BCUT2D eigenvalue weighted by Gasteiger charge is -2.64. The Morgan fingerprint density at radius 2 is 1.34 bits per heavy atom. The van der Waals surface area contributed by atoms with Crippen LogP contribution in [-0.2, 0) is 71.5 Å². The number of rotatable bonds is 19. The maximum atomic E-state index is 14.5. The zero-order valence-electron chi connectivity index (χ0n) is 47.7. The van der Waals surface area contributed by atoms with Gasteiger partial charge in [-0.1, -0.05) is 44.9 Å². The third-order valence-corrected chi connectivity index (χ3v) is 20.9. The second-order valence-electron chi connectivity index (χ2n) is 25.9. The summed E-state index contributed by atoms with van der Waals surface area (Å²) in [4.78, 5) is 27.3. The SMILES string of the molecule is C=C(C)CCC[C@](C)(OC(C)=O)[C@H]1[C@@H]2C[C@@]3(C)C4=CCC5C(C)(C)[C@@H](O[C@@H]6OC[C@@H](O[C@@H]7O[C@H](COS(=O)(=O)O)[C@@H](O)[C@H](O)[C@H]7O)[C@H](O)[C@H]6O[C@@H]6O[C@H](CO)[C@@H](O[C@@H]7O[C@H](CO)[C@@H](O)[C@H](O)[C@H]7O)[C@H](O)[C@H]6O)CC[C@]5(C)C4CC[C@]13C(=O)O2. The first-order valence-corrected chi connectivity index (χ1v) is 30.1. The van der Waals surface area contributed by atoms with Gasteiger partial charge in [0, 0.05) is 12.3 Å². The minimum atomic E-state index is -5.07. The molecule has 0 aromatic heterocycles. The van der Waals surface area contributed by atoms with Crippen molar-refractivity contribution in [3.05, 3.63) is 23.8 Å². The summed E-state index contributed by atoms with van der Waals surface area (Å²) in [5, 5.41) is 120. The van der Waals surface area contributed by atoms with Crippen LogP contribution in [0.3, 0.4) is 0 Å². The molecule has 0 amide bonds. The highest BCUT2D eigenvalue weighted by molar-refractivity contribution is 7.80. The largest absolute Gasteiger partial charge is 0.461 e. The second kappa shape index (κ2) is 24.1. The lowest BCUT2D eigenvalue weighted by Crippen LogP contribution is -2.67. The molecule has 0 aromatic rings. The summed E-state index contributed by atoms with van der Waals surface area (Å²) < 4.78 is 96.9. The first-order chi connectivity index (χ1) is 38.8. The Labute approximate surface area is 481 Å². The Morgan fingerprint density at radius 3 is 1.95 bits per heavy atom. The summed E-state index contributed by atoms with van der Waals surface area (Å²) in [5.74, 6) is -1.08.